The highest BCUT2D eigenvalue weighted by molar-refractivity contribution is 5.92. The topological polar surface area (TPSA) is 58.4 Å². The van der Waals surface area contributed by atoms with Gasteiger partial charge in [0.05, 0.1) is 16.6 Å². The monoisotopic (exact) mass is 287 g/mol. The number of carboxylic acid groups (broad SMARTS) is 1. The fourth-order valence-electron chi connectivity index (χ4n) is 3.20. The summed E-state index contributed by atoms with van der Waals surface area (Å²) in [5.41, 5.74) is 2.15. The lowest BCUT2D eigenvalue weighted by atomic mass is 10.2. The Bertz CT molecular complexity index is 677. The van der Waals surface area contributed by atoms with Gasteiger partial charge in [0.15, 0.2) is 0 Å². The summed E-state index contributed by atoms with van der Waals surface area (Å²) in [6.45, 7) is 4.12. The van der Waals surface area contributed by atoms with Crippen LogP contribution in [0.2, 0.25) is 0 Å². The van der Waals surface area contributed by atoms with E-state index in [0.717, 1.165) is 36.4 Å². The predicted molar refractivity (Wildman–Crippen MR) is 81.7 cm³/mol. The molecule has 5 nitrogen and oxygen atoms in total. The summed E-state index contributed by atoms with van der Waals surface area (Å²) in [6, 6.07) is 5.70. The normalized spacial score (nSPS) is 19.4. The Morgan fingerprint density at radius 3 is 2.90 bits per heavy atom. The van der Waals surface area contributed by atoms with Crippen LogP contribution in [0, 0.1) is 0 Å². The minimum absolute atomic E-state index is 0.325. The SMILES string of the molecule is CCc1nc2ccc(C(=O)O)cc2n1CC1CCCN1C. The van der Waals surface area contributed by atoms with Crippen molar-refractivity contribution in [2.24, 2.45) is 0 Å². The van der Waals surface area contributed by atoms with E-state index in [4.69, 9.17) is 0 Å². The molecule has 2 aromatic rings. The van der Waals surface area contributed by atoms with Gasteiger partial charge in [-0.3, -0.25) is 0 Å². The lowest BCUT2D eigenvalue weighted by molar-refractivity contribution is 0.0697. The number of carboxylic acids is 1. The van der Waals surface area contributed by atoms with Crippen LogP contribution in [0.3, 0.4) is 0 Å². The zero-order valence-electron chi connectivity index (χ0n) is 12.5. The van der Waals surface area contributed by atoms with E-state index in [-0.39, 0.29) is 0 Å². The highest BCUT2D eigenvalue weighted by atomic mass is 16.4. The summed E-state index contributed by atoms with van der Waals surface area (Å²) in [5, 5.41) is 9.19. The summed E-state index contributed by atoms with van der Waals surface area (Å²) in [5.74, 6) is 0.147. The van der Waals surface area contributed by atoms with Gasteiger partial charge in [-0.1, -0.05) is 6.92 Å². The van der Waals surface area contributed by atoms with E-state index >= 15 is 0 Å². The molecule has 1 saturated heterocycles. The maximum atomic E-state index is 11.2. The molecule has 1 aliphatic rings. The van der Waals surface area contributed by atoms with Crippen LogP contribution in [0.15, 0.2) is 18.2 Å². The number of aromatic carboxylic acids is 1. The van der Waals surface area contributed by atoms with Crippen LogP contribution in [0.1, 0.15) is 35.9 Å². The number of likely N-dealkylation sites (N-methyl/N-ethyl adjacent to an activating group) is 1. The van der Waals surface area contributed by atoms with E-state index in [1.807, 2.05) is 6.07 Å². The third kappa shape index (κ3) is 2.53. The van der Waals surface area contributed by atoms with Gasteiger partial charge in [-0.25, -0.2) is 9.78 Å². The first-order valence-corrected chi connectivity index (χ1v) is 7.53. The fourth-order valence-corrected chi connectivity index (χ4v) is 3.20. The molecule has 0 radical (unpaired) electrons. The molecule has 1 aromatic carbocycles. The third-order valence-corrected chi connectivity index (χ3v) is 4.46. The smallest absolute Gasteiger partial charge is 0.335 e. The van der Waals surface area contributed by atoms with Gasteiger partial charge in [-0.05, 0) is 44.6 Å². The number of hydrogen-bond donors (Lipinski definition) is 1. The summed E-state index contributed by atoms with van der Waals surface area (Å²) < 4.78 is 2.20. The minimum Gasteiger partial charge on any atom is -0.478 e. The van der Waals surface area contributed by atoms with Crippen molar-refractivity contribution in [3.63, 3.8) is 0 Å². The summed E-state index contributed by atoms with van der Waals surface area (Å²) in [7, 11) is 2.16. The number of imidazole rings is 1. The van der Waals surface area contributed by atoms with Gasteiger partial charge in [-0.15, -0.1) is 0 Å². The van der Waals surface area contributed by atoms with Crippen molar-refractivity contribution in [2.45, 2.75) is 38.8 Å². The Kier molecular flexibility index (Phi) is 3.68. The molecule has 112 valence electrons. The molecule has 2 heterocycles. The van der Waals surface area contributed by atoms with Crippen LogP contribution < -0.4 is 0 Å². The van der Waals surface area contributed by atoms with Gasteiger partial charge in [0.1, 0.15) is 5.82 Å². The highest BCUT2D eigenvalue weighted by Gasteiger charge is 2.23. The maximum Gasteiger partial charge on any atom is 0.335 e. The fraction of sp³-hybridized carbons (Fsp3) is 0.500. The zero-order valence-corrected chi connectivity index (χ0v) is 12.5. The molecule has 0 bridgehead atoms. The van der Waals surface area contributed by atoms with Crippen LogP contribution in [0.5, 0.6) is 0 Å². The van der Waals surface area contributed by atoms with E-state index < -0.39 is 5.97 Å². The Balaban J connectivity index is 2.05. The molecule has 1 N–H and O–H groups in total. The van der Waals surface area contributed by atoms with Gasteiger partial charge in [0.25, 0.3) is 0 Å². The van der Waals surface area contributed by atoms with Gasteiger partial charge >= 0.3 is 5.97 Å². The van der Waals surface area contributed by atoms with E-state index in [2.05, 4.69) is 28.4 Å². The van der Waals surface area contributed by atoms with Crippen LogP contribution >= 0.6 is 0 Å². The number of benzene rings is 1. The van der Waals surface area contributed by atoms with Crippen molar-refractivity contribution in [1.29, 1.82) is 0 Å². The quantitative estimate of drug-likeness (QED) is 0.938. The Morgan fingerprint density at radius 2 is 2.29 bits per heavy atom. The van der Waals surface area contributed by atoms with Crippen LogP contribution in [0.25, 0.3) is 11.0 Å². The molecular weight excluding hydrogens is 266 g/mol. The first-order chi connectivity index (χ1) is 10.1. The molecule has 0 saturated carbocycles. The van der Waals surface area contributed by atoms with E-state index in [9.17, 15) is 9.90 Å². The van der Waals surface area contributed by atoms with Crippen molar-refractivity contribution in [2.75, 3.05) is 13.6 Å². The number of aryl methyl sites for hydroxylation is 1. The molecule has 1 aliphatic heterocycles. The third-order valence-electron chi connectivity index (χ3n) is 4.46. The minimum atomic E-state index is -0.888. The number of aromatic nitrogens is 2. The molecule has 0 spiro atoms. The second-order valence-corrected chi connectivity index (χ2v) is 5.78. The van der Waals surface area contributed by atoms with Crippen LogP contribution in [-0.4, -0.2) is 45.2 Å². The highest BCUT2D eigenvalue weighted by Crippen LogP contribution is 2.23. The van der Waals surface area contributed by atoms with E-state index in [1.54, 1.807) is 12.1 Å². The van der Waals surface area contributed by atoms with Gasteiger partial charge in [-0.2, -0.15) is 0 Å². The molecule has 0 amide bonds. The number of rotatable bonds is 4. The number of likely N-dealkylation sites (tertiary alicyclic amines) is 1. The Morgan fingerprint density at radius 1 is 1.48 bits per heavy atom. The molecule has 5 heteroatoms. The van der Waals surface area contributed by atoms with Gasteiger partial charge in [0.2, 0.25) is 0 Å². The van der Waals surface area contributed by atoms with Gasteiger partial charge in [0, 0.05) is 19.0 Å². The zero-order chi connectivity index (χ0) is 15.0. The Labute approximate surface area is 124 Å². The van der Waals surface area contributed by atoms with Crippen LogP contribution in [0.4, 0.5) is 0 Å². The first-order valence-electron chi connectivity index (χ1n) is 7.53. The average molecular weight is 287 g/mol. The standard InChI is InChI=1S/C16H21N3O2/c1-3-15-17-13-7-6-11(16(20)21)9-14(13)19(15)10-12-5-4-8-18(12)2/h6-7,9,12H,3-5,8,10H2,1-2H3,(H,20,21). The number of hydrogen-bond acceptors (Lipinski definition) is 3. The number of nitrogens with zero attached hydrogens (tertiary/aromatic N) is 3. The molecule has 1 atom stereocenters. The first kappa shape index (κ1) is 14.1. The molecule has 1 unspecified atom stereocenters. The maximum absolute atomic E-state index is 11.2. The van der Waals surface area contributed by atoms with Crippen molar-refractivity contribution in [3.8, 4) is 0 Å². The molecule has 1 aromatic heterocycles. The summed E-state index contributed by atoms with van der Waals surface area (Å²) in [4.78, 5) is 18.2. The van der Waals surface area contributed by atoms with Crippen molar-refractivity contribution >= 4 is 17.0 Å². The van der Waals surface area contributed by atoms with Crippen molar-refractivity contribution < 1.29 is 9.90 Å². The van der Waals surface area contributed by atoms with Crippen LogP contribution in [-0.2, 0) is 13.0 Å². The van der Waals surface area contributed by atoms with E-state index in [1.165, 1.54) is 12.8 Å². The van der Waals surface area contributed by atoms with Gasteiger partial charge < -0.3 is 14.6 Å². The lowest BCUT2D eigenvalue weighted by Crippen LogP contribution is -2.29. The second-order valence-electron chi connectivity index (χ2n) is 5.78. The number of carbonyl (C=O) groups is 1. The second kappa shape index (κ2) is 5.48. The molecule has 1 fully saturated rings. The average Bonchev–Trinajstić information content (AvgIpc) is 3.03. The largest absolute Gasteiger partial charge is 0.478 e. The lowest BCUT2D eigenvalue weighted by Gasteiger charge is -2.21. The van der Waals surface area contributed by atoms with Crippen molar-refractivity contribution in [1.82, 2.24) is 14.5 Å². The number of fused-ring (bicyclic) bond motifs is 1. The molecule has 21 heavy (non-hydrogen) atoms. The summed E-state index contributed by atoms with van der Waals surface area (Å²) in [6.07, 6.45) is 3.28. The van der Waals surface area contributed by atoms with E-state index in [0.29, 0.717) is 11.6 Å². The Hall–Kier alpha value is -1.88. The predicted octanol–water partition coefficient (Wildman–Crippen LogP) is 2.39. The molecule has 3 rings (SSSR count). The van der Waals surface area contributed by atoms with Crippen molar-refractivity contribution in [3.05, 3.63) is 29.6 Å². The summed E-state index contributed by atoms with van der Waals surface area (Å²) >= 11 is 0. The molecule has 0 aliphatic carbocycles. The molecular formula is C16H21N3O2.